The van der Waals surface area contributed by atoms with Crippen LogP contribution in [0.3, 0.4) is 0 Å². The molecule has 0 radical (unpaired) electrons. The van der Waals surface area contributed by atoms with E-state index in [4.69, 9.17) is 9.47 Å². The van der Waals surface area contributed by atoms with E-state index >= 15 is 0 Å². The minimum atomic E-state index is -4.67. The van der Waals surface area contributed by atoms with E-state index in [9.17, 15) is 18.0 Å². The molecule has 2 heterocycles. The Kier molecular flexibility index (Phi) is 5.27. The third-order valence-electron chi connectivity index (χ3n) is 4.86. The van der Waals surface area contributed by atoms with Crippen molar-refractivity contribution in [3.05, 3.63) is 53.9 Å². The van der Waals surface area contributed by atoms with Gasteiger partial charge in [-0.3, -0.25) is 4.79 Å². The van der Waals surface area contributed by atoms with E-state index in [1.807, 2.05) is 0 Å². The first-order valence-electron chi connectivity index (χ1n) is 9.54. The van der Waals surface area contributed by atoms with E-state index in [-0.39, 0.29) is 11.0 Å². The van der Waals surface area contributed by atoms with E-state index in [1.54, 1.807) is 37.3 Å². The van der Waals surface area contributed by atoms with Crippen LogP contribution in [-0.4, -0.2) is 28.7 Å². The average Bonchev–Trinajstić information content (AvgIpc) is 2.91. The quantitative estimate of drug-likeness (QED) is 0.692. The van der Waals surface area contributed by atoms with Crippen molar-refractivity contribution in [2.75, 3.05) is 13.2 Å². The molecule has 4 rings (SSSR count). The molecule has 1 N–H and O–H groups in total. The third-order valence-corrected chi connectivity index (χ3v) is 4.86. The largest absolute Gasteiger partial charge is 0.490 e. The van der Waals surface area contributed by atoms with Gasteiger partial charge in [0.15, 0.2) is 11.5 Å². The lowest BCUT2D eigenvalue weighted by Gasteiger charge is -2.17. The molecule has 0 saturated heterocycles. The molecule has 0 spiro atoms. The molecule has 1 atom stereocenters. The van der Waals surface area contributed by atoms with Gasteiger partial charge >= 0.3 is 6.18 Å². The number of nitrogens with one attached hydrogen (secondary N) is 1. The third kappa shape index (κ3) is 4.05. The van der Waals surface area contributed by atoms with Gasteiger partial charge < -0.3 is 19.4 Å². The van der Waals surface area contributed by atoms with Crippen LogP contribution in [0.4, 0.5) is 13.2 Å². The smallest absolute Gasteiger partial charge is 0.449 e. The molecule has 2 aromatic carbocycles. The molecule has 1 amide bonds. The predicted octanol–water partition coefficient (Wildman–Crippen LogP) is 4.09. The van der Waals surface area contributed by atoms with E-state index < -0.39 is 30.5 Å². The van der Waals surface area contributed by atoms with Gasteiger partial charge in [-0.2, -0.15) is 13.2 Å². The number of halogens is 3. The summed E-state index contributed by atoms with van der Waals surface area (Å²) in [6.07, 6.45) is -3.89. The first kappa shape index (κ1) is 20.1. The number of nitrogens with zero attached hydrogens (tertiary/aromatic N) is 2. The van der Waals surface area contributed by atoms with Gasteiger partial charge in [0.2, 0.25) is 11.7 Å². The van der Waals surface area contributed by atoms with Crippen LogP contribution in [0.1, 0.15) is 30.8 Å². The number of carbonyl (C=O) groups excluding carboxylic acids is 1. The van der Waals surface area contributed by atoms with Crippen LogP contribution in [0.2, 0.25) is 0 Å². The van der Waals surface area contributed by atoms with E-state index in [0.717, 1.165) is 16.6 Å². The maximum absolute atomic E-state index is 13.4. The van der Waals surface area contributed by atoms with Gasteiger partial charge in [0, 0.05) is 6.42 Å². The molecular weight excluding hydrogens is 399 g/mol. The van der Waals surface area contributed by atoms with Gasteiger partial charge in [0.1, 0.15) is 6.54 Å². The van der Waals surface area contributed by atoms with Crippen molar-refractivity contribution in [1.82, 2.24) is 14.9 Å². The van der Waals surface area contributed by atoms with Crippen molar-refractivity contribution in [3.63, 3.8) is 0 Å². The summed E-state index contributed by atoms with van der Waals surface area (Å²) in [4.78, 5) is 16.2. The van der Waals surface area contributed by atoms with Gasteiger partial charge in [-0.1, -0.05) is 18.2 Å². The zero-order valence-electron chi connectivity index (χ0n) is 16.2. The Bertz CT molecular complexity index is 1080. The standard InChI is InChI=1S/C21H20F3N3O3/c1-13(14-7-8-17-18(11-14)30-10-4-9-29-17)25-19(28)12-27-16-6-3-2-5-15(16)26-20(27)21(22,23)24/h2-3,5-8,11,13H,4,9-10,12H2,1H3,(H,25,28)/t13-/m1/s1. The predicted molar refractivity (Wildman–Crippen MR) is 103 cm³/mol. The Morgan fingerprint density at radius 3 is 2.67 bits per heavy atom. The number of fused-ring (bicyclic) bond motifs is 2. The van der Waals surface area contributed by atoms with Crippen molar-refractivity contribution in [2.45, 2.75) is 32.1 Å². The number of ether oxygens (including phenoxy) is 2. The van der Waals surface area contributed by atoms with Crippen molar-refractivity contribution < 1.29 is 27.4 Å². The average molecular weight is 419 g/mol. The zero-order chi connectivity index (χ0) is 21.3. The summed E-state index contributed by atoms with van der Waals surface area (Å²) < 4.78 is 52.4. The fourth-order valence-corrected chi connectivity index (χ4v) is 3.42. The van der Waals surface area contributed by atoms with Crippen molar-refractivity contribution in [3.8, 4) is 11.5 Å². The molecule has 6 nitrogen and oxygen atoms in total. The molecule has 1 aromatic heterocycles. The van der Waals surface area contributed by atoms with E-state index in [1.165, 1.54) is 12.1 Å². The maximum Gasteiger partial charge on any atom is 0.449 e. The van der Waals surface area contributed by atoms with Gasteiger partial charge in [0.05, 0.1) is 30.3 Å². The molecule has 1 aliphatic rings. The Hall–Kier alpha value is -3.23. The van der Waals surface area contributed by atoms with E-state index in [2.05, 4.69) is 10.3 Å². The van der Waals surface area contributed by atoms with Gasteiger partial charge in [-0.15, -0.1) is 0 Å². The maximum atomic E-state index is 13.4. The van der Waals surface area contributed by atoms with Crippen molar-refractivity contribution in [2.24, 2.45) is 0 Å². The topological polar surface area (TPSA) is 65.4 Å². The van der Waals surface area contributed by atoms with Crippen LogP contribution in [0.5, 0.6) is 11.5 Å². The molecular formula is C21H20F3N3O3. The van der Waals surface area contributed by atoms with Crippen LogP contribution in [0, 0.1) is 0 Å². The monoisotopic (exact) mass is 419 g/mol. The number of hydrogen-bond acceptors (Lipinski definition) is 4. The Labute approximate surface area is 170 Å². The molecule has 158 valence electrons. The molecule has 0 fully saturated rings. The Morgan fingerprint density at radius 1 is 1.17 bits per heavy atom. The SMILES string of the molecule is C[C@@H](NC(=O)Cn1c(C(F)(F)F)nc2ccccc21)c1ccc2c(c1)OCCCO2. The molecule has 0 saturated carbocycles. The number of hydrogen-bond donors (Lipinski definition) is 1. The molecule has 0 unspecified atom stereocenters. The van der Waals surface area contributed by atoms with Crippen LogP contribution in [-0.2, 0) is 17.5 Å². The highest BCUT2D eigenvalue weighted by atomic mass is 19.4. The normalized spacial score (nSPS) is 14.9. The first-order chi connectivity index (χ1) is 14.3. The summed E-state index contributed by atoms with van der Waals surface area (Å²) in [5.41, 5.74) is 1.20. The fraction of sp³-hybridized carbons (Fsp3) is 0.333. The zero-order valence-corrected chi connectivity index (χ0v) is 16.2. The second-order valence-electron chi connectivity index (χ2n) is 7.05. The molecule has 30 heavy (non-hydrogen) atoms. The lowest BCUT2D eigenvalue weighted by Crippen LogP contribution is -2.31. The second-order valence-corrected chi connectivity index (χ2v) is 7.05. The lowest BCUT2D eigenvalue weighted by molar-refractivity contribution is -0.147. The highest BCUT2D eigenvalue weighted by molar-refractivity contribution is 5.81. The van der Waals surface area contributed by atoms with Gasteiger partial charge in [-0.25, -0.2) is 4.98 Å². The summed E-state index contributed by atoms with van der Waals surface area (Å²) in [6.45, 7) is 2.36. The number of imidazole rings is 1. The highest BCUT2D eigenvalue weighted by Crippen LogP contribution is 2.33. The molecule has 1 aliphatic heterocycles. The summed E-state index contributed by atoms with van der Waals surface area (Å²) in [5, 5.41) is 2.75. The number of aromatic nitrogens is 2. The highest BCUT2D eigenvalue weighted by Gasteiger charge is 2.38. The Morgan fingerprint density at radius 2 is 1.90 bits per heavy atom. The summed E-state index contributed by atoms with van der Waals surface area (Å²) in [6, 6.07) is 11.1. The van der Waals surface area contributed by atoms with Gasteiger partial charge in [-0.05, 0) is 36.8 Å². The molecule has 0 aliphatic carbocycles. The van der Waals surface area contributed by atoms with Crippen LogP contribution in [0.25, 0.3) is 11.0 Å². The number of carbonyl (C=O) groups is 1. The number of para-hydroxylation sites is 2. The first-order valence-corrected chi connectivity index (χ1v) is 9.54. The summed E-state index contributed by atoms with van der Waals surface area (Å²) >= 11 is 0. The Balaban J connectivity index is 1.53. The van der Waals surface area contributed by atoms with Gasteiger partial charge in [0.25, 0.3) is 0 Å². The van der Waals surface area contributed by atoms with Crippen molar-refractivity contribution in [1.29, 1.82) is 0 Å². The van der Waals surface area contributed by atoms with E-state index in [0.29, 0.717) is 24.7 Å². The minimum Gasteiger partial charge on any atom is -0.490 e. The van der Waals surface area contributed by atoms with Crippen LogP contribution >= 0.6 is 0 Å². The molecule has 0 bridgehead atoms. The van der Waals surface area contributed by atoms with Crippen LogP contribution < -0.4 is 14.8 Å². The summed E-state index contributed by atoms with van der Waals surface area (Å²) in [5.74, 6) is -0.425. The summed E-state index contributed by atoms with van der Waals surface area (Å²) in [7, 11) is 0. The number of alkyl halides is 3. The second kappa shape index (κ2) is 7.89. The van der Waals surface area contributed by atoms with Crippen LogP contribution in [0.15, 0.2) is 42.5 Å². The van der Waals surface area contributed by atoms with Crippen molar-refractivity contribution >= 4 is 16.9 Å². The fourth-order valence-electron chi connectivity index (χ4n) is 3.42. The minimum absolute atomic E-state index is 0.188. The molecule has 9 heteroatoms. The number of benzene rings is 2. The number of amides is 1. The number of rotatable bonds is 4. The lowest BCUT2D eigenvalue weighted by atomic mass is 10.1. The molecule has 3 aromatic rings.